The van der Waals surface area contributed by atoms with Gasteiger partial charge < -0.3 is 9.72 Å². The van der Waals surface area contributed by atoms with Crippen molar-refractivity contribution in [3.05, 3.63) is 42.1 Å². The second kappa shape index (κ2) is 6.92. The van der Waals surface area contributed by atoms with Gasteiger partial charge in [0.05, 0.1) is 24.0 Å². The summed E-state index contributed by atoms with van der Waals surface area (Å²) in [5.41, 5.74) is 1.02. The Morgan fingerprint density at radius 2 is 2.22 bits per heavy atom. The fraction of sp³-hybridized carbons (Fsp3) is 0.375. The van der Waals surface area contributed by atoms with E-state index in [0.717, 1.165) is 5.56 Å². The number of nitrogens with one attached hydrogen (secondary N) is 2. The molecule has 0 radical (unpaired) electrons. The van der Waals surface area contributed by atoms with Crippen molar-refractivity contribution in [1.29, 1.82) is 5.26 Å². The van der Waals surface area contributed by atoms with Crippen LogP contribution in [0.3, 0.4) is 0 Å². The molecule has 0 fully saturated rings. The zero-order chi connectivity index (χ0) is 16.9. The lowest BCUT2D eigenvalue weighted by Crippen LogP contribution is -2.27. The standard InChI is InChI=1S/C16H19N5O2/c1-16(2,3)23-15(22)21-14-5-4-11(8-19-14)6-12(7-17)13-9-18-10-20-13/h4-5,8-10,12H,6H2,1-3H3,(H,18,20)(H,19,21,22). The maximum atomic E-state index is 11.7. The van der Waals surface area contributed by atoms with Gasteiger partial charge in [0.2, 0.25) is 0 Å². The number of nitrogens with zero attached hydrogens (tertiary/aromatic N) is 3. The van der Waals surface area contributed by atoms with Crippen molar-refractivity contribution in [3.8, 4) is 6.07 Å². The number of ether oxygens (including phenoxy) is 1. The molecule has 2 aromatic rings. The molecule has 7 nitrogen and oxygen atoms in total. The van der Waals surface area contributed by atoms with Crippen LogP contribution in [-0.4, -0.2) is 26.6 Å². The number of rotatable bonds is 4. The van der Waals surface area contributed by atoms with E-state index in [9.17, 15) is 10.1 Å². The number of pyridine rings is 1. The second-order valence-corrected chi connectivity index (χ2v) is 6.06. The van der Waals surface area contributed by atoms with Crippen LogP contribution in [0.1, 0.15) is 37.9 Å². The Hall–Kier alpha value is -2.88. The Bertz CT molecular complexity index is 681. The van der Waals surface area contributed by atoms with E-state index in [0.29, 0.717) is 17.9 Å². The van der Waals surface area contributed by atoms with Gasteiger partial charge in [0, 0.05) is 12.4 Å². The lowest BCUT2D eigenvalue weighted by atomic mass is 9.99. The van der Waals surface area contributed by atoms with Crippen molar-refractivity contribution in [2.24, 2.45) is 0 Å². The number of aromatic amines is 1. The van der Waals surface area contributed by atoms with Gasteiger partial charge in [-0.1, -0.05) is 6.07 Å². The number of anilines is 1. The summed E-state index contributed by atoms with van der Waals surface area (Å²) >= 11 is 0. The topological polar surface area (TPSA) is 104 Å². The van der Waals surface area contributed by atoms with Gasteiger partial charge in [-0.25, -0.2) is 14.8 Å². The van der Waals surface area contributed by atoms with Crippen molar-refractivity contribution < 1.29 is 9.53 Å². The van der Waals surface area contributed by atoms with Crippen LogP contribution >= 0.6 is 0 Å². The summed E-state index contributed by atoms with van der Waals surface area (Å²) in [5, 5.41) is 11.8. The zero-order valence-electron chi connectivity index (χ0n) is 13.3. The minimum atomic E-state index is -0.562. The van der Waals surface area contributed by atoms with Crippen molar-refractivity contribution in [3.63, 3.8) is 0 Å². The maximum absolute atomic E-state index is 11.7. The van der Waals surface area contributed by atoms with Gasteiger partial charge in [-0.05, 0) is 38.8 Å². The highest BCUT2D eigenvalue weighted by molar-refractivity contribution is 5.83. The van der Waals surface area contributed by atoms with Crippen molar-refractivity contribution in [2.45, 2.75) is 38.7 Å². The molecule has 2 aromatic heterocycles. The van der Waals surface area contributed by atoms with Gasteiger partial charge in [-0.15, -0.1) is 0 Å². The molecule has 0 aliphatic carbocycles. The zero-order valence-corrected chi connectivity index (χ0v) is 13.3. The van der Waals surface area contributed by atoms with Crippen molar-refractivity contribution >= 4 is 11.9 Å². The SMILES string of the molecule is CC(C)(C)OC(=O)Nc1ccc(CC(C#N)c2c[nH]cn2)cn1. The quantitative estimate of drug-likeness (QED) is 0.903. The molecular formula is C16H19N5O2. The van der Waals surface area contributed by atoms with E-state index in [-0.39, 0.29) is 5.92 Å². The van der Waals surface area contributed by atoms with Crippen LogP contribution in [0.5, 0.6) is 0 Å². The smallest absolute Gasteiger partial charge is 0.413 e. The third-order valence-corrected chi connectivity index (χ3v) is 2.93. The van der Waals surface area contributed by atoms with E-state index >= 15 is 0 Å². The van der Waals surface area contributed by atoms with Crippen LogP contribution in [0, 0.1) is 11.3 Å². The molecule has 1 atom stereocenters. The summed E-state index contributed by atoms with van der Waals surface area (Å²) in [7, 11) is 0. The van der Waals surface area contributed by atoms with E-state index < -0.39 is 11.7 Å². The maximum Gasteiger partial charge on any atom is 0.413 e. The third kappa shape index (κ3) is 5.11. The normalized spacial score (nSPS) is 12.3. The van der Waals surface area contributed by atoms with Crippen LogP contribution < -0.4 is 5.32 Å². The van der Waals surface area contributed by atoms with Crippen LogP contribution in [0.25, 0.3) is 0 Å². The number of carbonyl (C=O) groups excluding carboxylic acids is 1. The number of hydrogen-bond donors (Lipinski definition) is 2. The van der Waals surface area contributed by atoms with Gasteiger partial charge in [0.15, 0.2) is 0 Å². The Labute approximate surface area is 134 Å². The summed E-state index contributed by atoms with van der Waals surface area (Å²) in [6, 6.07) is 5.72. The molecule has 0 saturated carbocycles. The third-order valence-electron chi connectivity index (χ3n) is 2.93. The molecule has 0 aliphatic rings. The Balaban J connectivity index is 1.97. The van der Waals surface area contributed by atoms with Gasteiger partial charge in [-0.2, -0.15) is 5.26 Å². The molecular weight excluding hydrogens is 294 g/mol. The summed E-state index contributed by atoms with van der Waals surface area (Å²) in [5.74, 6) is 0.0593. The van der Waals surface area contributed by atoms with Gasteiger partial charge in [-0.3, -0.25) is 5.32 Å². The highest BCUT2D eigenvalue weighted by atomic mass is 16.6. The number of imidazole rings is 1. The van der Waals surface area contributed by atoms with Crippen LogP contribution in [-0.2, 0) is 11.2 Å². The van der Waals surface area contributed by atoms with Crippen LogP contribution in [0.15, 0.2) is 30.9 Å². The molecule has 0 aromatic carbocycles. The van der Waals surface area contributed by atoms with Crippen LogP contribution in [0.2, 0.25) is 0 Å². The molecule has 23 heavy (non-hydrogen) atoms. The van der Waals surface area contributed by atoms with Gasteiger partial charge in [0.25, 0.3) is 0 Å². The van der Waals surface area contributed by atoms with Gasteiger partial charge in [0.1, 0.15) is 11.4 Å². The summed E-state index contributed by atoms with van der Waals surface area (Å²) < 4.78 is 5.16. The number of aromatic nitrogens is 3. The van der Waals surface area contributed by atoms with Crippen LogP contribution in [0.4, 0.5) is 10.6 Å². The Kier molecular flexibility index (Phi) is 4.96. The first-order valence-electron chi connectivity index (χ1n) is 7.20. The molecule has 2 rings (SSSR count). The highest BCUT2D eigenvalue weighted by Gasteiger charge is 2.17. The van der Waals surface area contributed by atoms with E-state index in [2.05, 4.69) is 26.3 Å². The fourth-order valence-corrected chi connectivity index (χ4v) is 1.94. The predicted octanol–water partition coefficient (Wildman–Crippen LogP) is 3.00. The van der Waals surface area contributed by atoms with E-state index in [1.807, 2.05) is 6.07 Å². The van der Waals surface area contributed by atoms with Crippen molar-refractivity contribution in [1.82, 2.24) is 15.0 Å². The minimum Gasteiger partial charge on any atom is -0.444 e. The monoisotopic (exact) mass is 313 g/mol. The van der Waals surface area contributed by atoms with E-state index in [1.54, 1.807) is 45.6 Å². The molecule has 0 saturated heterocycles. The number of nitriles is 1. The summed E-state index contributed by atoms with van der Waals surface area (Å²) in [6.45, 7) is 5.38. The predicted molar refractivity (Wildman–Crippen MR) is 84.7 cm³/mol. The molecule has 2 heterocycles. The molecule has 1 amide bonds. The highest BCUT2D eigenvalue weighted by Crippen LogP contribution is 2.18. The average Bonchev–Trinajstić information content (AvgIpc) is 2.98. The molecule has 0 aliphatic heterocycles. The first-order chi connectivity index (χ1) is 10.9. The molecule has 0 bridgehead atoms. The molecule has 1 unspecified atom stereocenters. The summed E-state index contributed by atoms with van der Waals surface area (Å²) in [6.07, 6.45) is 4.83. The first-order valence-corrected chi connectivity index (χ1v) is 7.20. The first kappa shape index (κ1) is 16.5. The lowest BCUT2D eigenvalue weighted by molar-refractivity contribution is 0.0635. The second-order valence-electron chi connectivity index (χ2n) is 6.06. The Morgan fingerprint density at radius 1 is 1.43 bits per heavy atom. The number of hydrogen-bond acceptors (Lipinski definition) is 5. The number of H-pyrrole nitrogens is 1. The van der Waals surface area contributed by atoms with Crippen molar-refractivity contribution in [2.75, 3.05) is 5.32 Å². The van der Waals surface area contributed by atoms with E-state index in [4.69, 9.17) is 4.74 Å². The Morgan fingerprint density at radius 3 is 2.74 bits per heavy atom. The molecule has 2 N–H and O–H groups in total. The van der Waals surface area contributed by atoms with Gasteiger partial charge >= 0.3 is 6.09 Å². The number of carbonyl (C=O) groups is 1. The molecule has 7 heteroatoms. The summed E-state index contributed by atoms with van der Waals surface area (Å²) in [4.78, 5) is 22.8. The molecule has 0 spiro atoms. The lowest BCUT2D eigenvalue weighted by Gasteiger charge is -2.19. The number of amides is 1. The minimum absolute atomic E-state index is 0.340. The van der Waals surface area contributed by atoms with E-state index in [1.165, 1.54) is 0 Å². The largest absolute Gasteiger partial charge is 0.444 e. The average molecular weight is 313 g/mol. The molecule has 120 valence electrons. The fourth-order valence-electron chi connectivity index (χ4n) is 1.94.